The van der Waals surface area contributed by atoms with Gasteiger partial charge in [0.25, 0.3) is 0 Å². The third-order valence-corrected chi connectivity index (χ3v) is 3.44. The Morgan fingerprint density at radius 1 is 1.05 bits per heavy atom. The van der Waals surface area contributed by atoms with E-state index in [2.05, 4.69) is 22.7 Å². The van der Waals surface area contributed by atoms with E-state index in [0.717, 1.165) is 22.6 Å². The summed E-state index contributed by atoms with van der Waals surface area (Å²) in [5, 5.41) is 4.22. The van der Waals surface area contributed by atoms with Crippen molar-refractivity contribution in [2.75, 3.05) is 6.79 Å². The molecule has 1 unspecified atom stereocenters. The number of nitrogens with one attached hydrogen (secondary N) is 1. The summed E-state index contributed by atoms with van der Waals surface area (Å²) in [7, 11) is 0. The second-order valence-electron chi connectivity index (χ2n) is 4.56. The molecule has 4 heteroatoms. The van der Waals surface area contributed by atoms with Gasteiger partial charge in [-0.05, 0) is 23.3 Å². The highest BCUT2D eigenvalue weighted by atomic mass is 16.7. The van der Waals surface area contributed by atoms with Crippen molar-refractivity contribution in [3.63, 3.8) is 0 Å². The number of benzene rings is 2. The van der Waals surface area contributed by atoms with E-state index in [1.54, 1.807) is 0 Å². The minimum absolute atomic E-state index is 0.0516. The molecule has 0 bridgehead atoms. The largest absolute Gasteiger partial charge is 0.454 e. The smallest absolute Gasteiger partial charge is 0.231 e. The number of fused-ring (bicyclic) bond motifs is 2. The van der Waals surface area contributed by atoms with Gasteiger partial charge < -0.3 is 9.47 Å². The highest BCUT2D eigenvalue weighted by molar-refractivity contribution is 5.83. The predicted molar refractivity (Wildman–Crippen MR) is 71.6 cm³/mol. The summed E-state index contributed by atoms with van der Waals surface area (Å²) in [6, 6.07) is 14.3. The zero-order chi connectivity index (χ0) is 12.7. The predicted octanol–water partition coefficient (Wildman–Crippen LogP) is 2.44. The van der Waals surface area contributed by atoms with Crippen molar-refractivity contribution in [2.24, 2.45) is 5.10 Å². The number of rotatable bonds is 1. The summed E-state index contributed by atoms with van der Waals surface area (Å²) in [6.07, 6.45) is 1.85. The number of ether oxygens (including phenoxy) is 2. The van der Waals surface area contributed by atoms with Crippen molar-refractivity contribution in [3.05, 3.63) is 59.2 Å². The molecule has 94 valence electrons. The summed E-state index contributed by atoms with van der Waals surface area (Å²) < 4.78 is 10.8. The van der Waals surface area contributed by atoms with E-state index < -0.39 is 0 Å². The van der Waals surface area contributed by atoms with Crippen LogP contribution in [0, 0.1) is 0 Å². The fourth-order valence-electron chi connectivity index (χ4n) is 2.49. The lowest BCUT2D eigenvalue weighted by molar-refractivity contribution is 0.174. The first-order valence-electron chi connectivity index (χ1n) is 6.19. The summed E-state index contributed by atoms with van der Waals surface area (Å²) in [5.74, 6) is 1.60. The van der Waals surface area contributed by atoms with Crippen LogP contribution in [-0.4, -0.2) is 13.0 Å². The van der Waals surface area contributed by atoms with E-state index >= 15 is 0 Å². The van der Waals surface area contributed by atoms with Crippen LogP contribution in [0.1, 0.15) is 22.7 Å². The van der Waals surface area contributed by atoms with Gasteiger partial charge in [-0.2, -0.15) is 5.10 Å². The molecule has 2 heterocycles. The van der Waals surface area contributed by atoms with Crippen LogP contribution >= 0.6 is 0 Å². The average Bonchev–Trinajstić information content (AvgIpc) is 2.94. The molecule has 2 aromatic carbocycles. The van der Waals surface area contributed by atoms with Gasteiger partial charge in [-0.1, -0.05) is 30.3 Å². The van der Waals surface area contributed by atoms with Gasteiger partial charge in [0.15, 0.2) is 11.5 Å². The molecule has 2 aromatic rings. The number of hydrazone groups is 1. The van der Waals surface area contributed by atoms with Gasteiger partial charge in [0.1, 0.15) is 0 Å². The van der Waals surface area contributed by atoms with Crippen LogP contribution in [0.5, 0.6) is 11.5 Å². The van der Waals surface area contributed by atoms with Crippen molar-refractivity contribution in [1.29, 1.82) is 0 Å². The molecule has 0 saturated heterocycles. The van der Waals surface area contributed by atoms with Gasteiger partial charge in [0, 0.05) is 5.56 Å². The van der Waals surface area contributed by atoms with Gasteiger partial charge in [-0.15, -0.1) is 0 Å². The van der Waals surface area contributed by atoms with Crippen molar-refractivity contribution in [3.8, 4) is 11.5 Å². The zero-order valence-corrected chi connectivity index (χ0v) is 10.2. The van der Waals surface area contributed by atoms with Crippen LogP contribution in [0.25, 0.3) is 0 Å². The molecule has 0 spiro atoms. The maximum Gasteiger partial charge on any atom is 0.231 e. The molecule has 0 aromatic heterocycles. The Bertz CT molecular complexity index is 667. The standard InChI is InChI=1S/C15H12N2O2/c1-2-4-12-11(3-1)8-16-17-15(12)10-5-6-13-14(7-10)19-9-18-13/h1-8,15,17H,9H2. The lowest BCUT2D eigenvalue weighted by Gasteiger charge is -2.23. The molecule has 0 fully saturated rings. The van der Waals surface area contributed by atoms with Gasteiger partial charge in [-0.3, -0.25) is 5.43 Å². The van der Waals surface area contributed by atoms with E-state index in [1.165, 1.54) is 5.56 Å². The van der Waals surface area contributed by atoms with E-state index in [9.17, 15) is 0 Å². The quantitative estimate of drug-likeness (QED) is 0.847. The molecule has 0 amide bonds. The lowest BCUT2D eigenvalue weighted by atomic mass is 9.94. The molecule has 19 heavy (non-hydrogen) atoms. The topological polar surface area (TPSA) is 42.9 Å². The summed E-state index contributed by atoms with van der Waals surface area (Å²) in [6.45, 7) is 0.297. The molecular formula is C15H12N2O2. The van der Waals surface area contributed by atoms with Crippen LogP contribution < -0.4 is 14.9 Å². The maximum atomic E-state index is 5.43. The Hall–Kier alpha value is -2.49. The minimum atomic E-state index is 0.0516. The lowest BCUT2D eigenvalue weighted by Crippen LogP contribution is -2.22. The van der Waals surface area contributed by atoms with Gasteiger partial charge in [-0.25, -0.2) is 0 Å². The third kappa shape index (κ3) is 1.64. The molecule has 4 rings (SSSR count). The van der Waals surface area contributed by atoms with Crippen LogP contribution in [0.3, 0.4) is 0 Å². The molecular weight excluding hydrogens is 240 g/mol. The zero-order valence-electron chi connectivity index (χ0n) is 10.2. The van der Waals surface area contributed by atoms with Crippen molar-refractivity contribution >= 4 is 6.21 Å². The van der Waals surface area contributed by atoms with Crippen molar-refractivity contribution in [2.45, 2.75) is 6.04 Å². The summed E-state index contributed by atoms with van der Waals surface area (Å²) >= 11 is 0. The van der Waals surface area contributed by atoms with E-state index in [-0.39, 0.29) is 6.04 Å². The summed E-state index contributed by atoms with van der Waals surface area (Å²) in [5.41, 5.74) is 6.64. The summed E-state index contributed by atoms with van der Waals surface area (Å²) in [4.78, 5) is 0. The van der Waals surface area contributed by atoms with Crippen molar-refractivity contribution < 1.29 is 9.47 Å². The van der Waals surface area contributed by atoms with E-state index in [0.29, 0.717) is 6.79 Å². The minimum Gasteiger partial charge on any atom is -0.454 e. The molecule has 0 aliphatic carbocycles. The van der Waals surface area contributed by atoms with Crippen LogP contribution in [-0.2, 0) is 0 Å². The average molecular weight is 252 g/mol. The molecule has 1 atom stereocenters. The number of nitrogens with zero attached hydrogens (tertiary/aromatic N) is 1. The normalized spacial score (nSPS) is 18.8. The van der Waals surface area contributed by atoms with Gasteiger partial charge >= 0.3 is 0 Å². The highest BCUT2D eigenvalue weighted by Gasteiger charge is 2.22. The SMILES string of the molecule is C1=NNC(c2ccc3c(c2)OCO3)c2ccccc21. The Labute approximate surface area is 110 Å². The number of hydrogen-bond donors (Lipinski definition) is 1. The first-order valence-corrected chi connectivity index (χ1v) is 6.19. The fraction of sp³-hybridized carbons (Fsp3) is 0.133. The molecule has 4 nitrogen and oxygen atoms in total. The first kappa shape index (κ1) is 10.4. The molecule has 1 N–H and O–H groups in total. The monoisotopic (exact) mass is 252 g/mol. The fourth-order valence-corrected chi connectivity index (χ4v) is 2.49. The van der Waals surface area contributed by atoms with Crippen LogP contribution in [0.2, 0.25) is 0 Å². The Kier molecular flexibility index (Phi) is 2.21. The Morgan fingerprint density at radius 2 is 1.95 bits per heavy atom. The second-order valence-corrected chi connectivity index (χ2v) is 4.56. The van der Waals surface area contributed by atoms with E-state index in [4.69, 9.17) is 9.47 Å². The molecule has 0 radical (unpaired) electrons. The molecule has 2 aliphatic rings. The maximum absolute atomic E-state index is 5.43. The highest BCUT2D eigenvalue weighted by Crippen LogP contribution is 2.36. The van der Waals surface area contributed by atoms with Crippen molar-refractivity contribution in [1.82, 2.24) is 5.43 Å². The Balaban J connectivity index is 1.79. The number of hydrogen-bond acceptors (Lipinski definition) is 4. The van der Waals surface area contributed by atoms with Gasteiger partial charge in [0.2, 0.25) is 6.79 Å². The Morgan fingerprint density at radius 3 is 2.95 bits per heavy atom. The first-order chi connectivity index (χ1) is 9.42. The third-order valence-electron chi connectivity index (χ3n) is 3.44. The van der Waals surface area contributed by atoms with Gasteiger partial charge in [0.05, 0.1) is 12.3 Å². The van der Waals surface area contributed by atoms with Crippen LogP contribution in [0.4, 0.5) is 0 Å². The van der Waals surface area contributed by atoms with Crippen LogP contribution in [0.15, 0.2) is 47.6 Å². The molecule has 2 aliphatic heterocycles. The second kappa shape index (κ2) is 4.02. The molecule has 0 saturated carbocycles. The van der Waals surface area contributed by atoms with E-state index in [1.807, 2.05) is 36.5 Å².